The Morgan fingerprint density at radius 1 is 1.27 bits per heavy atom. The summed E-state index contributed by atoms with van der Waals surface area (Å²) in [6, 6.07) is 5.11. The number of alkyl halides is 3. The third kappa shape index (κ3) is 6.17. The van der Waals surface area contributed by atoms with Gasteiger partial charge >= 0.3 is 12.3 Å². The Bertz CT molecular complexity index is 497. The number of halogens is 3. The van der Waals surface area contributed by atoms with Crippen molar-refractivity contribution in [1.82, 2.24) is 0 Å². The molecular weight excluding hydrogens is 301 g/mol. The van der Waals surface area contributed by atoms with Crippen LogP contribution in [0.25, 0.3) is 0 Å². The van der Waals surface area contributed by atoms with Crippen LogP contribution in [-0.4, -0.2) is 25.0 Å². The van der Waals surface area contributed by atoms with Crippen molar-refractivity contribution in [3.63, 3.8) is 0 Å². The fourth-order valence-electron chi connectivity index (χ4n) is 1.56. The van der Waals surface area contributed by atoms with Crippen LogP contribution in [0.15, 0.2) is 36.9 Å². The minimum Gasteiger partial charge on any atom is -0.456 e. The molecule has 0 saturated carbocycles. The van der Waals surface area contributed by atoms with Crippen LogP contribution in [0.3, 0.4) is 0 Å². The van der Waals surface area contributed by atoms with Crippen LogP contribution in [0.4, 0.5) is 13.2 Å². The second kappa shape index (κ2) is 7.84. The Hall–Kier alpha value is -2.02. The summed E-state index contributed by atoms with van der Waals surface area (Å²) in [7, 11) is 0. The first-order chi connectivity index (χ1) is 10.2. The van der Waals surface area contributed by atoms with E-state index >= 15 is 0 Å². The van der Waals surface area contributed by atoms with Gasteiger partial charge in [-0.3, -0.25) is 0 Å². The van der Waals surface area contributed by atoms with E-state index in [1.165, 1.54) is 18.2 Å². The summed E-state index contributed by atoms with van der Waals surface area (Å²) in [6.45, 7) is 6.83. The second-order valence-electron chi connectivity index (χ2n) is 4.46. The first-order valence-electron chi connectivity index (χ1n) is 6.51. The van der Waals surface area contributed by atoms with Gasteiger partial charge in [-0.05, 0) is 31.5 Å². The lowest BCUT2D eigenvalue weighted by molar-refractivity contribution is -0.274. The SMILES string of the molecule is C=CCOC(C)C(=O)OC(C)c1ccc(OC(F)(F)F)cc1. The van der Waals surface area contributed by atoms with Gasteiger partial charge < -0.3 is 14.2 Å². The lowest BCUT2D eigenvalue weighted by Crippen LogP contribution is -2.24. The topological polar surface area (TPSA) is 44.8 Å². The molecule has 0 bridgehead atoms. The van der Waals surface area contributed by atoms with Gasteiger partial charge in [0.05, 0.1) is 6.61 Å². The molecule has 4 nitrogen and oxygen atoms in total. The quantitative estimate of drug-likeness (QED) is 0.567. The van der Waals surface area contributed by atoms with Gasteiger partial charge in [0.15, 0.2) is 6.10 Å². The molecule has 0 fully saturated rings. The number of benzene rings is 1. The molecule has 1 aromatic rings. The van der Waals surface area contributed by atoms with Crippen molar-refractivity contribution in [1.29, 1.82) is 0 Å². The molecule has 0 heterocycles. The smallest absolute Gasteiger partial charge is 0.456 e. The molecule has 1 rings (SSSR count). The number of rotatable bonds is 7. The van der Waals surface area contributed by atoms with E-state index in [2.05, 4.69) is 11.3 Å². The van der Waals surface area contributed by atoms with Crippen LogP contribution in [0, 0.1) is 0 Å². The lowest BCUT2D eigenvalue weighted by Gasteiger charge is -2.17. The van der Waals surface area contributed by atoms with Crippen molar-refractivity contribution in [2.75, 3.05) is 6.61 Å². The van der Waals surface area contributed by atoms with Gasteiger partial charge in [-0.1, -0.05) is 18.2 Å². The summed E-state index contributed by atoms with van der Waals surface area (Å²) >= 11 is 0. The van der Waals surface area contributed by atoms with Crippen molar-refractivity contribution < 1.29 is 32.2 Å². The highest BCUT2D eigenvalue weighted by Gasteiger charge is 2.31. The molecule has 0 aliphatic heterocycles. The molecule has 0 N–H and O–H groups in total. The zero-order chi connectivity index (χ0) is 16.8. The molecule has 1 aromatic carbocycles. The predicted octanol–water partition coefficient (Wildman–Crippen LogP) is 3.78. The van der Waals surface area contributed by atoms with Gasteiger partial charge in [-0.2, -0.15) is 0 Å². The molecule has 0 saturated heterocycles. The molecule has 122 valence electrons. The third-order valence-corrected chi connectivity index (χ3v) is 2.67. The summed E-state index contributed by atoms with van der Waals surface area (Å²) in [6.07, 6.45) is -4.61. The van der Waals surface area contributed by atoms with Crippen molar-refractivity contribution in [2.45, 2.75) is 32.4 Å². The van der Waals surface area contributed by atoms with Gasteiger partial charge in [0, 0.05) is 0 Å². The number of carbonyl (C=O) groups is 1. The average Bonchev–Trinajstić information content (AvgIpc) is 2.43. The zero-order valence-corrected chi connectivity index (χ0v) is 12.2. The van der Waals surface area contributed by atoms with Gasteiger partial charge in [0.2, 0.25) is 0 Å². The van der Waals surface area contributed by atoms with Crippen molar-refractivity contribution in [3.8, 4) is 5.75 Å². The molecule has 0 spiro atoms. The van der Waals surface area contributed by atoms with E-state index in [1.807, 2.05) is 0 Å². The highest BCUT2D eigenvalue weighted by atomic mass is 19.4. The summed E-state index contributed by atoms with van der Waals surface area (Å²) < 4.78 is 50.2. The Kier molecular flexibility index (Phi) is 6.42. The van der Waals surface area contributed by atoms with Crippen molar-refractivity contribution >= 4 is 5.97 Å². The Balaban J connectivity index is 2.60. The number of ether oxygens (including phenoxy) is 3. The van der Waals surface area contributed by atoms with Crippen molar-refractivity contribution in [3.05, 3.63) is 42.5 Å². The Morgan fingerprint density at radius 3 is 2.36 bits per heavy atom. The minimum absolute atomic E-state index is 0.216. The molecule has 2 atom stereocenters. The normalized spacial score (nSPS) is 14.0. The molecule has 2 unspecified atom stereocenters. The average molecular weight is 318 g/mol. The number of hydrogen-bond acceptors (Lipinski definition) is 4. The van der Waals surface area contributed by atoms with Crippen LogP contribution in [0.5, 0.6) is 5.75 Å². The number of hydrogen-bond donors (Lipinski definition) is 0. The maximum Gasteiger partial charge on any atom is 0.573 e. The molecule has 0 aliphatic rings. The fourth-order valence-corrected chi connectivity index (χ4v) is 1.56. The maximum atomic E-state index is 12.1. The summed E-state index contributed by atoms with van der Waals surface area (Å²) in [5, 5.41) is 0. The highest BCUT2D eigenvalue weighted by Crippen LogP contribution is 2.25. The number of esters is 1. The Labute approximate surface area is 126 Å². The van der Waals surface area contributed by atoms with Gasteiger partial charge in [-0.15, -0.1) is 19.8 Å². The Morgan fingerprint density at radius 2 is 1.86 bits per heavy atom. The van der Waals surface area contributed by atoms with Gasteiger partial charge in [0.25, 0.3) is 0 Å². The van der Waals surface area contributed by atoms with Crippen LogP contribution < -0.4 is 4.74 Å². The van der Waals surface area contributed by atoms with Crippen LogP contribution in [0.2, 0.25) is 0 Å². The van der Waals surface area contributed by atoms with E-state index in [4.69, 9.17) is 9.47 Å². The van der Waals surface area contributed by atoms with Crippen LogP contribution in [-0.2, 0) is 14.3 Å². The first kappa shape index (κ1) is 18.0. The van der Waals surface area contributed by atoms with E-state index in [1.54, 1.807) is 13.8 Å². The second-order valence-corrected chi connectivity index (χ2v) is 4.46. The first-order valence-corrected chi connectivity index (χ1v) is 6.51. The minimum atomic E-state index is -4.74. The predicted molar refractivity (Wildman–Crippen MR) is 73.2 cm³/mol. The van der Waals surface area contributed by atoms with E-state index in [-0.39, 0.29) is 12.4 Å². The summed E-state index contributed by atoms with van der Waals surface area (Å²) in [5.41, 5.74) is 0.541. The molecule has 0 radical (unpaired) electrons. The number of carbonyl (C=O) groups excluding carboxylic acids is 1. The molecule has 22 heavy (non-hydrogen) atoms. The molecule has 0 amide bonds. The van der Waals surface area contributed by atoms with E-state index in [0.717, 1.165) is 12.1 Å². The van der Waals surface area contributed by atoms with Crippen LogP contribution in [0.1, 0.15) is 25.5 Å². The standard InChI is InChI=1S/C15H17F3O4/c1-4-9-20-11(3)14(19)21-10(2)12-5-7-13(8-6-12)22-15(16,17)18/h4-8,10-11H,1,9H2,2-3H3. The molecule has 0 aliphatic carbocycles. The molecule has 7 heteroatoms. The maximum absolute atomic E-state index is 12.1. The van der Waals surface area contributed by atoms with E-state index in [0.29, 0.717) is 5.56 Å². The van der Waals surface area contributed by atoms with E-state index in [9.17, 15) is 18.0 Å². The largest absolute Gasteiger partial charge is 0.573 e. The fraction of sp³-hybridized carbons (Fsp3) is 0.400. The lowest BCUT2D eigenvalue weighted by atomic mass is 10.1. The highest BCUT2D eigenvalue weighted by molar-refractivity contribution is 5.74. The van der Waals surface area contributed by atoms with E-state index < -0.39 is 24.5 Å². The molecule has 0 aromatic heterocycles. The van der Waals surface area contributed by atoms with Gasteiger partial charge in [0.1, 0.15) is 11.9 Å². The third-order valence-electron chi connectivity index (χ3n) is 2.67. The van der Waals surface area contributed by atoms with Crippen LogP contribution >= 0.6 is 0 Å². The summed E-state index contributed by atoms with van der Waals surface area (Å²) in [4.78, 5) is 11.7. The monoisotopic (exact) mass is 318 g/mol. The molecular formula is C15H17F3O4. The van der Waals surface area contributed by atoms with Crippen molar-refractivity contribution in [2.24, 2.45) is 0 Å². The zero-order valence-electron chi connectivity index (χ0n) is 12.2. The van der Waals surface area contributed by atoms with Gasteiger partial charge in [-0.25, -0.2) is 4.79 Å². The summed E-state index contributed by atoms with van der Waals surface area (Å²) in [5.74, 6) is -0.901.